The maximum Gasteiger partial charge on any atom is 0.241 e. The number of amides is 1. The molecule has 0 radical (unpaired) electrons. The van der Waals surface area contributed by atoms with Crippen molar-refractivity contribution < 1.29 is 17.9 Å². The van der Waals surface area contributed by atoms with E-state index >= 15 is 0 Å². The van der Waals surface area contributed by atoms with Gasteiger partial charge in [0, 0.05) is 0 Å². The maximum atomic E-state index is 12.5. The number of hydrogen-bond acceptors (Lipinski definition) is 4. The van der Waals surface area contributed by atoms with Crippen molar-refractivity contribution in [3.63, 3.8) is 0 Å². The lowest BCUT2D eigenvalue weighted by Crippen LogP contribution is -2.44. The van der Waals surface area contributed by atoms with E-state index < -0.39 is 10.0 Å². The number of benzene rings is 2. The Labute approximate surface area is 173 Å². The van der Waals surface area contributed by atoms with E-state index in [0.717, 1.165) is 27.4 Å². The topological polar surface area (TPSA) is 75.7 Å². The second-order valence-electron chi connectivity index (χ2n) is 7.56. The highest BCUT2D eigenvalue weighted by Gasteiger charge is 2.22. The van der Waals surface area contributed by atoms with Crippen molar-refractivity contribution in [3.8, 4) is 5.75 Å². The average molecular weight is 419 g/mol. The van der Waals surface area contributed by atoms with E-state index in [4.69, 9.17) is 4.74 Å². The second-order valence-corrected chi connectivity index (χ2v) is 9.47. The smallest absolute Gasteiger partial charge is 0.241 e. The van der Waals surface area contributed by atoms with Crippen LogP contribution in [0.1, 0.15) is 37.8 Å². The second kappa shape index (κ2) is 9.78. The number of aryl methyl sites for hydroxylation is 1. The van der Waals surface area contributed by atoms with Gasteiger partial charge in [0.2, 0.25) is 15.9 Å². The lowest BCUT2D eigenvalue weighted by molar-refractivity contribution is -0.120. The number of nitrogens with one attached hydrogen (secondary N) is 1. The molecule has 1 atom stereocenters. The summed E-state index contributed by atoms with van der Waals surface area (Å²) in [5, 5.41) is 2.80. The Hall–Kier alpha value is -2.54. The van der Waals surface area contributed by atoms with Gasteiger partial charge in [-0.25, -0.2) is 8.42 Å². The quantitative estimate of drug-likeness (QED) is 0.677. The van der Waals surface area contributed by atoms with Gasteiger partial charge in [0.1, 0.15) is 18.9 Å². The summed E-state index contributed by atoms with van der Waals surface area (Å²) in [6.07, 6.45) is 1.10. The van der Waals surface area contributed by atoms with Gasteiger partial charge in [-0.15, -0.1) is 0 Å². The number of hydrogen-bond donors (Lipinski definition) is 1. The van der Waals surface area contributed by atoms with Gasteiger partial charge in [-0.3, -0.25) is 9.10 Å². The fraction of sp³-hybridized carbons (Fsp3) is 0.409. The molecule has 0 bridgehead atoms. The zero-order valence-electron chi connectivity index (χ0n) is 17.7. The first kappa shape index (κ1) is 22.7. The summed E-state index contributed by atoms with van der Waals surface area (Å²) in [7, 11) is -3.60. The van der Waals surface area contributed by atoms with E-state index in [0.29, 0.717) is 18.2 Å². The Morgan fingerprint density at radius 1 is 1.07 bits per heavy atom. The molecule has 2 aromatic carbocycles. The highest BCUT2D eigenvalue weighted by Crippen LogP contribution is 2.22. The average Bonchev–Trinajstić information content (AvgIpc) is 2.64. The Morgan fingerprint density at radius 3 is 2.24 bits per heavy atom. The van der Waals surface area contributed by atoms with Crippen LogP contribution in [-0.2, 0) is 14.8 Å². The number of carbonyl (C=O) groups excluding carboxylic acids is 1. The van der Waals surface area contributed by atoms with Crippen LogP contribution in [0.4, 0.5) is 5.69 Å². The van der Waals surface area contributed by atoms with Crippen LogP contribution in [0.3, 0.4) is 0 Å². The van der Waals surface area contributed by atoms with Gasteiger partial charge in [-0.05, 0) is 49.1 Å². The third-order valence-corrected chi connectivity index (χ3v) is 5.67. The molecule has 0 aliphatic heterocycles. The van der Waals surface area contributed by atoms with Gasteiger partial charge >= 0.3 is 0 Å². The van der Waals surface area contributed by atoms with Crippen molar-refractivity contribution in [1.82, 2.24) is 5.32 Å². The lowest BCUT2D eigenvalue weighted by atomic mass is 10.0. The predicted octanol–water partition coefficient (Wildman–Crippen LogP) is 3.47. The Bertz CT molecular complexity index is 924. The van der Waals surface area contributed by atoms with Crippen LogP contribution in [0, 0.1) is 6.92 Å². The molecule has 1 amide bonds. The Balaban J connectivity index is 2.00. The number of sulfonamides is 1. The molecule has 158 valence electrons. The number of rotatable bonds is 9. The molecule has 0 aromatic heterocycles. The van der Waals surface area contributed by atoms with E-state index in [1.807, 2.05) is 50.2 Å². The minimum Gasteiger partial charge on any atom is -0.491 e. The molecular weight excluding hydrogens is 388 g/mol. The van der Waals surface area contributed by atoms with Gasteiger partial charge in [-0.2, -0.15) is 0 Å². The highest BCUT2D eigenvalue weighted by molar-refractivity contribution is 7.92. The summed E-state index contributed by atoms with van der Waals surface area (Å²) in [5.41, 5.74) is 2.59. The molecule has 0 saturated heterocycles. The summed E-state index contributed by atoms with van der Waals surface area (Å²) in [6.45, 7) is 7.91. The van der Waals surface area contributed by atoms with Crippen molar-refractivity contribution in [2.24, 2.45) is 0 Å². The summed E-state index contributed by atoms with van der Waals surface area (Å²) < 4.78 is 31.3. The first-order chi connectivity index (χ1) is 13.6. The van der Waals surface area contributed by atoms with Gasteiger partial charge < -0.3 is 10.1 Å². The van der Waals surface area contributed by atoms with Gasteiger partial charge in [0.05, 0.1) is 18.0 Å². The molecule has 0 fully saturated rings. The molecule has 0 saturated carbocycles. The molecule has 0 spiro atoms. The highest BCUT2D eigenvalue weighted by atomic mass is 32.2. The van der Waals surface area contributed by atoms with Gasteiger partial charge in [-0.1, -0.05) is 44.2 Å². The largest absolute Gasteiger partial charge is 0.491 e. The third-order valence-electron chi connectivity index (χ3n) is 4.53. The third kappa shape index (κ3) is 6.78. The summed E-state index contributed by atoms with van der Waals surface area (Å²) in [4.78, 5) is 12.5. The minimum atomic E-state index is -3.60. The first-order valence-corrected chi connectivity index (χ1v) is 11.5. The lowest BCUT2D eigenvalue weighted by Gasteiger charge is -2.23. The molecule has 7 heteroatoms. The van der Waals surface area contributed by atoms with E-state index in [-0.39, 0.29) is 18.5 Å². The van der Waals surface area contributed by atoms with Crippen LogP contribution in [0.15, 0.2) is 48.5 Å². The number of ether oxygens (including phenoxy) is 1. The molecule has 0 heterocycles. The van der Waals surface area contributed by atoms with Crippen molar-refractivity contribution in [1.29, 1.82) is 0 Å². The molecular formula is C22H30N2O4S. The van der Waals surface area contributed by atoms with Crippen LogP contribution < -0.4 is 14.4 Å². The molecule has 6 nitrogen and oxygen atoms in total. The molecule has 0 unspecified atom stereocenters. The molecule has 0 aliphatic rings. The zero-order chi connectivity index (χ0) is 21.6. The molecule has 2 aromatic rings. The molecule has 1 N–H and O–H groups in total. The van der Waals surface area contributed by atoms with Gasteiger partial charge in [0.15, 0.2) is 0 Å². The van der Waals surface area contributed by atoms with E-state index in [2.05, 4.69) is 19.2 Å². The number of anilines is 1. The SMILES string of the molecule is Cc1ccccc1OC[C@H](C)NC(=O)CN(c1ccc(C(C)C)cc1)S(C)(=O)=O. The van der Waals surface area contributed by atoms with Crippen LogP contribution in [-0.4, -0.2) is 39.8 Å². The fourth-order valence-corrected chi connectivity index (χ4v) is 3.71. The normalized spacial score (nSPS) is 12.5. The zero-order valence-corrected chi connectivity index (χ0v) is 18.5. The van der Waals surface area contributed by atoms with Crippen LogP contribution in [0.2, 0.25) is 0 Å². The molecule has 0 aliphatic carbocycles. The van der Waals surface area contributed by atoms with Gasteiger partial charge in [0.25, 0.3) is 0 Å². The van der Waals surface area contributed by atoms with E-state index in [1.165, 1.54) is 0 Å². The Kier molecular flexibility index (Phi) is 7.67. The van der Waals surface area contributed by atoms with E-state index in [9.17, 15) is 13.2 Å². The number of nitrogens with zero attached hydrogens (tertiary/aromatic N) is 1. The van der Waals surface area contributed by atoms with Crippen LogP contribution in [0.5, 0.6) is 5.75 Å². The number of para-hydroxylation sites is 1. The standard InChI is InChI=1S/C22H30N2O4S/c1-16(2)19-10-12-20(13-11-19)24(29(5,26)27)14-22(25)23-18(4)15-28-21-9-7-6-8-17(21)3/h6-13,16,18H,14-15H2,1-5H3,(H,23,25)/t18-/m0/s1. The monoisotopic (exact) mass is 418 g/mol. The van der Waals surface area contributed by atoms with Crippen molar-refractivity contribution in [2.75, 3.05) is 23.7 Å². The summed E-state index contributed by atoms with van der Waals surface area (Å²) in [5.74, 6) is 0.717. The molecule has 29 heavy (non-hydrogen) atoms. The molecule has 2 rings (SSSR count). The Morgan fingerprint density at radius 2 is 1.69 bits per heavy atom. The summed E-state index contributed by atoms with van der Waals surface area (Å²) >= 11 is 0. The van der Waals surface area contributed by atoms with Crippen molar-refractivity contribution in [2.45, 2.75) is 39.7 Å². The van der Waals surface area contributed by atoms with Crippen molar-refractivity contribution in [3.05, 3.63) is 59.7 Å². The van der Waals surface area contributed by atoms with Crippen LogP contribution in [0.25, 0.3) is 0 Å². The summed E-state index contributed by atoms with van der Waals surface area (Å²) in [6, 6.07) is 14.6. The number of carbonyl (C=O) groups is 1. The minimum absolute atomic E-state index is 0.271. The van der Waals surface area contributed by atoms with E-state index in [1.54, 1.807) is 12.1 Å². The predicted molar refractivity (Wildman–Crippen MR) is 117 cm³/mol. The van der Waals surface area contributed by atoms with Crippen molar-refractivity contribution >= 4 is 21.6 Å². The first-order valence-electron chi connectivity index (χ1n) is 9.63. The fourth-order valence-electron chi connectivity index (χ4n) is 2.85. The van der Waals surface area contributed by atoms with Crippen LogP contribution >= 0.6 is 0 Å². The maximum absolute atomic E-state index is 12.5.